The maximum absolute atomic E-state index is 13.8. The van der Waals surface area contributed by atoms with Crippen LogP contribution in [0.25, 0.3) is 33.1 Å². The molecule has 186 valence electrons. The molecular weight excluding hydrogens is 481 g/mol. The van der Waals surface area contributed by atoms with Crippen LogP contribution in [-0.2, 0) is 0 Å². The van der Waals surface area contributed by atoms with Gasteiger partial charge in [0.2, 0.25) is 0 Å². The van der Waals surface area contributed by atoms with Gasteiger partial charge < -0.3 is 14.8 Å². The minimum Gasteiger partial charge on any atom is -0.495 e. The predicted molar refractivity (Wildman–Crippen MR) is 146 cm³/mol. The number of aromatic nitrogens is 4. The van der Waals surface area contributed by atoms with E-state index in [0.29, 0.717) is 45.4 Å². The summed E-state index contributed by atoms with van der Waals surface area (Å²) >= 11 is 0. The number of rotatable bonds is 6. The highest BCUT2D eigenvalue weighted by Crippen LogP contribution is 2.33. The summed E-state index contributed by atoms with van der Waals surface area (Å²) in [7, 11) is 1.59. The fourth-order valence-corrected chi connectivity index (χ4v) is 4.25. The standard InChI is InChI=1S/C30H22FN5O2/c1-18-15-19(7-12-25(18)31)28-23-5-3-4-6-24(23)30(36-35-28)34-20-8-10-21(11-9-20)38-27-13-14-32-26-16-22(37-2)17-33-29(26)27/h3-17H,1-2H3,(H,34,36). The molecular formula is C30H22FN5O2. The van der Waals surface area contributed by atoms with Crippen molar-refractivity contribution in [3.63, 3.8) is 0 Å². The van der Waals surface area contributed by atoms with Gasteiger partial charge in [0.05, 0.1) is 18.8 Å². The Kier molecular flexibility index (Phi) is 5.97. The van der Waals surface area contributed by atoms with E-state index in [4.69, 9.17) is 9.47 Å². The molecule has 0 aliphatic rings. The Morgan fingerprint density at radius 1 is 0.816 bits per heavy atom. The summed E-state index contributed by atoms with van der Waals surface area (Å²) in [5.74, 6) is 2.26. The number of ether oxygens (including phenoxy) is 2. The van der Waals surface area contributed by atoms with E-state index in [0.717, 1.165) is 22.0 Å². The highest BCUT2D eigenvalue weighted by Gasteiger charge is 2.13. The molecule has 0 spiro atoms. The van der Waals surface area contributed by atoms with Gasteiger partial charge in [-0.1, -0.05) is 24.3 Å². The molecule has 6 rings (SSSR count). The third-order valence-corrected chi connectivity index (χ3v) is 6.21. The summed E-state index contributed by atoms with van der Waals surface area (Å²) in [6.45, 7) is 1.74. The summed E-state index contributed by atoms with van der Waals surface area (Å²) in [4.78, 5) is 8.78. The molecule has 38 heavy (non-hydrogen) atoms. The Morgan fingerprint density at radius 3 is 2.42 bits per heavy atom. The lowest BCUT2D eigenvalue weighted by Crippen LogP contribution is -1.99. The Bertz CT molecular complexity index is 1790. The van der Waals surface area contributed by atoms with Gasteiger partial charge in [0, 0.05) is 40.4 Å². The van der Waals surface area contributed by atoms with Crippen LogP contribution in [0.3, 0.4) is 0 Å². The number of nitrogens with one attached hydrogen (secondary N) is 1. The molecule has 0 saturated carbocycles. The van der Waals surface area contributed by atoms with Gasteiger partial charge in [-0.2, -0.15) is 0 Å². The van der Waals surface area contributed by atoms with E-state index in [1.54, 1.807) is 44.6 Å². The van der Waals surface area contributed by atoms with E-state index >= 15 is 0 Å². The third kappa shape index (κ3) is 4.43. The quantitative estimate of drug-likeness (QED) is 0.257. The van der Waals surface area contributed by atoms with Crippen LogP contribution in [0.5, 0.6) is 17.2 Å². The van der Waals surface area contributed by atoms with Crippen LogP contribution in [-0.4, -0.2) is 27.3 Å². The summed E-state index contributed by atoms with van der Waals surface area (Å²) in [6.07, 6.45) is 3.31. The SMILES string of the molecule is COc1cnc2c(Oc3ccc(Nc4nnc(-c5ccc(F)c(C)c5)c5ccccc45)cc3)ccnc2c1. The number of halogens is 1. The molecule has 3 aromatic heterocycles. The lowest BCUT2D eigenvalue weighted by molar-refractivity contribution is 0.413. The minimum atomic E-state index is -0.245. The van der Waals surface area contributed by atoms with E-state index < -0.39 is 0 Å². The molecule has 0 unspecified atom stereocenters. The topological polar surface area (TPSA) is 82.0 Å². The van der Waals surface area contributed by atoms with Crippen molar-refractivity contribution in [2.75, 3.05) is 12.4 Å². The first-order valence-electron chi connectivity index (χ1n) is 11.9. The largest absolute Gasteiger partial charge is 0.495 e. The molecule has 0 aliphatic carbocycles. The monoisotopic (exact) mass is 503 g/mol. The van der Waals surface area contributed by atoms with Crippen LogP contribution in [0.15, 0.2) is 91.3 Å². The van der Waals surface area contributed by atoms with E-state index in [9.17, 15) is 4.39 Å². The first-order valence-corrected chi connectivity index (χ1v) is 11.9. The van der Waals surface area contributed by atoms with Crippen LogP contribution in [0, 0.1) is 12.7 Å². The number of benzene rings is 3. The zero-order valence-corrected chi connectivity index (χ0v) is 20.6. The number of pyridine rings is 2. The maximum atomic E-state index is 13.8. The Balaban J connectivity index is 1.27. The van der Waals surface area contributed by atoms with Crippen LogP contribution < -0.4 is 14.8 Å². The lowest BCUT2D eigenvalue weighted by Gasteiger charge is -2.12. The number of fused-ring (bicyclic) bond motifs is 2. The van der Waals surface area contributed by atoms with E-state index in [1.807, 2.05) is 54.6 Å². The smallest absolute Gasteiger partial charge is 0.161 e. The molecule has 3 aromatic carbocycles. The summed E-state index contributed by atoms with van der Waals surface area (Å²) in [6, 6.07) is 24.0. The van der Waals surface area contributed by atoms with Crippen molar-refractivity contribution in [3.05, 3.63) is 103 Å². The van der Waals surface area contributed by atoms with Gasteiger partial charge in [-0.25, -0.2) is 9.37 Å². The van der Waals surface area contributed by atoms with E-state index in [-0.39, 0.29) is 5.82 Å². The Labute approximate surface area is 217 Å². The van der Waals surface area contributed by atoms with Gasteiger partial charge in [0.1, 0.15) is 28.5 Å². The van der Waals surface area contributed by atoms with Gasteiger partial charge in [0.15, 0.2) is 11.6 Å². The number of hydrogen-bond acceptors (Lipinski definition) is 7. The molecule has 0 fully saturated rings. The molecule has 8 heteroatoms. The van der Waals surface area contributed by atoms with Crippen LogP contribution >= 0.6 is 0 Å². The Morgan fingerprint density at radius 2 is 1.63 bits per heavy atom. The molecule has 0 atom stereocenters. The van der Waals surface area contributed by atoms with Crippen molar-refractivity contribution in [2.45, 2.75) is 6.92 Å². The molecule has 0 aliphatic heterocycles. The van der Waals surface area contributed by atoms with E-state index in [1.165, 1.54) is 6.07 Å². The van der Waals surface area contributed by atoms with Crippen molar-refractivity contribution < 1.29 is 13.9 Å². The number of hydrogen-bond donors (Lipinski definition) is 1. The van der Waals surface area contributed by atoms with Crippen molar-refractivity contribution in [3.8, 4) is 28.5 Å². The molecule has 3 heterocycles. The van der Waals surface area contributed by atoms with Crippen molar-refractivity contribution in [1.29, 1.82) is 0 Å². The molecule has 0 bridgehead atoms. The molecule has 7 nitrogen and oxygen atoms in total. The fraction of sp³-hybridized carbons (Fsp3) is 0.0667. The number of methoxy groups -OCH3 is 1. The second-order valence-electron chi connectivity index (χ2n) is 8.71. The molecule has 0 radical (unpaired) electrons. The lowest BCUT2D eigenvalue weighted by atomic mass is 10.0. The molecule has 6 aromatic rings. The number of aryl methyl sites for hydroxylation is 1. The van der Waals surface area contributed by atoms with Gasteiger partial charge in [0.25, 0.3) is 0 Å². The minimum absolute atomic E-state index is 0.245. The second-order valence-corrected chi connectivity index (χ2v) is 8.71. The predicted octanol–water partition coefficient (Wildman–Crippen LogP) is 7.23. The Hall–Kier alpha value is -5.11. The van der Waals surface area contributed by atoms with Gasteiger partial charge in [-0.3, -0.25) is 4.98 Å². The highest BCUT2D eigenvalue weighted by molar-refractivity contribution is 6.00. The zero-order valence-electron chi connectivity index (χ0n) is 20.6. The number of anilines is 2. The summed E-state index contributed by atoms with van der Waals surface area (Å²) in [5, 5.41) is 14.1. The van der Waals surface area contributed by atoms with Gasteiger partial charge in [-0.05, 0) is 55.0 Å². The fourth-order valence-electron chi connectivity index (χ4n) is 4.25. The maximum Gasteiger partial charge on any atom is 0.161 e. The number of nitrogens with zero attached hydrogens (tertiary/aromatic N) is 4. The van der Waals surface area contributed by atoms with Gasteiger partial charge in [-0.15, -0.1) is 10.2 Å². The second kappa shape index (κ2) is 9.74. The van der Waals surface area contributed by atoms with Gasteiger partial charge >= 0.3 is 0 Å². The average molecular weight is 504 g/mol. The van der Waals surface area contributed by atoms with Crippen molar-refractivity contribution >= 4 is 33.3 Å². The summed E-state index contributed by atoms with van der Waals surface area (Å²) < 4.78 is 25.1. The third-order valence-electron chi connectivity index (χ3n) is 6.21. The first kappa shape index (κ1) is 23.3. The molecule has 1 N–H and O–H groups in total. The van der Waals surface area contributed by atoms with Crippen molar-refractivity contribution in [1.82, 2.24) is 20.2 Å². The molecule has 0 amide bonds. The van der Waals surface area contributed by atoms with Crippen molar-refractivity contribution in [2.24, 2.45) is 0 Å². The first-order chi connectivity index (χ1) is 18.6. The van der Waals surface area contributed by atoms with Crippen LogP contribution in [0.4, 0.5) is 15.9 Å². The van der Waals surface area contributed by atoms with E-state index in [2.05, 4.69) is 25.5 Å². The van der Waals surface area contributed by atoms with Crippen LogP contribution in [0.1, 0.15) is 5.56 Å². The van der Waals surface area contributed by atoms with Crippen LogP contribution in [0.2, 0.25) is 0 Å². The zero-order chi connectivity index (χ0) is 26.1. The summed E-state index contributed by atoms with van der Waals surface area (Å²) in [5.41, 5.74) is 4.24. The average Bonchev–Trinajstić information content (AvgIpc) is 2.95. The highest BCUT2D eigenvalue weighted by atomic mass is 19.1. The normalized spacial score (nSPS) is 11.0. The molecule has 0 saturated heterocycles.